The Morgan fingerprint density at radius 1 is 1.35 bits per heavy atom. The highest BCUT2D eigenvalue weighted by Crippen LogP contribution is 2.30. The van der Waals surface area contributed by atoms with Gasteiger partial charge in [0.1, 0.15) is 6.04 Å². The molecule has 1 saturated heterocycles. The van der Waals surface area contributed by atoms with Gasteiger partial charge in [-0.2, -0.15) is 4.98 Å². The van der Waals surface area contributed by atoms with Gasteiger partial charge in [0, 0.05) is 13.5 Å². The number of aromatic nitrogens is 2. The predicted octanol–water partition coefficient (Wildman–Crippen LogP) is 1.85. The topological polar surface area (TPSA) is 89.3 Å². The van der Waals surface area contributed by atoms with Crippen LogP contribution in [0.15, 0.2) is 34.9 Å². The van der Waals surface area contributed by atoms with Crippen LogP contribution in [0.3, 0.4) is 0 Å². The maximum absolute atomic E-state index is 12.9. The number of hydrogen-bond donors (Lipinski definition) is 2. The molecule has 2 N–H and O–H groups in total. The second-order valence-electron chi connectivity index (χ2n) is 6.87. The second-order valence-corrected chi connectivity index (χ2v) is 6.87. The highest BCUT2D eigenvalue weighted by molar-refractivity contribution is 5.83. The molecule has 1 atom stereocenters. The van der Waals surface area contributed by atoms with E-state index in [9.17, 15) is 4.79 Å². The normalized spacial score (nSPS) is 17.6. The van der Waals surface area contributed by atoms with Gasteiger partial charge in [0.05, 0.1) is 12.0 Å². The molecule has 1 unspecified atom stereocenters. The zero-order valence-electron chi connectivity index (χ0n) is 15.3. The summed E-state index contributed by atoms with van der Waals surface area (Å²) in [4.78, 5) is 17.3. The molecule has 26 heavy (non-hydrogen) atoms. The molecule has 0 bridgehead atoms. The van der Waals surface area contributed by atoms with Gasteiger partial charge in [-0.25, -0.2) is 0 Å². The van der Waals surface area contributed by atoms with E-state index in [0.29, 0.717) is 24.7 Å². The molecule has 0 spiro atoms. The molecule has 140 valence electrons. The van der Waals surface area contributed by atoms with Crippen LogP contribution in [-0.4, -0.2) is 42.9 Å². The van der Waals surface area contributed by atoms with Crippen LogP contribution in [0.5, 0.6) is 0 Å². The summed E-state index contributed by atoms with van der Waals surface area (Å²) in [6, 6.07) is 9.63. The van der Waals surface area contributed by atoms with Crippen LogP contribution in [0, 0.1) is 5.41 Å². The van der Waals surface area contributed by atoms with Crippen molar-refractivity contribution < 1.29 is 14.1 Å². The van der Waals surface area contributed by atoms with Crippen molar-refractivity contribution in [2.75, 3.05) is 26.8 Å². The quantitative estimate of drug-likeness (QED) is 0.785. The summed E-state index contributed by atoms with van der Waals surface area (Å²) in [5.41, 5.74) is 0.617. The van der Waals surface area contributed by atoms with Crippen LogP contribution < -0.4 is 10.6 Å². The van der Waals surface area contributed by atoms with Gasteiger partial charge in [-0.1, -0.05) is 35.5 Å². The highest BCUT2D eigenvalue weighted by Gasteiger charge is 2.40. The molecule has 1 amide bonds. The van der Waals surface area contributed by atoms with Crippen molar-refractivity contribution in [1.29, 1.82) is 0 Å². The van der Waals surface area contributed by atoms with E-state index in [1.54, 1.807) is 7.11 Å². The number of ether oxygens (including phenoxy) is 1. The van der Waals surface area contributed by atoms with Crippen LogP contribution in [0.2, 0.25) is 0 Å². The van der Waals surface area contributed by atoms with Crippen molar-refractivity contribution >= 4 is 5.91 Å². The zero-order valence-corrected chi connectivity index (χ0v) is 15.3. The Morgan fingerprint density at radius 2 is 2.08 bits per heavy atom. The summed E-state index contributed by atoms with van der Waals surface area (Å²) in [5.74, 6) is 1.02. The monoisotopic (exact) mass is 358 g/mol. The van der Waals surface area contributed by atoms with Gasteiger partial charge in [-0.05, 0) is 38.4 Å². The van der Waals surface area contributed by atoms with Crippen LogP contribution >= 0.6 is 0 Å². The molecule has 2 heterocycles. The highest BCUT2D eigenvalue weighted by atomic mass is 16.5. The largest absolute Gasteiger partial charge is 0.384 e. The third kappa shape index (κ3) is 4.28. The maximum Gasteiger partial charge on any atom is 0.248 e. The number of methoxy groups -OCH3 is 1. The Morgan fingerprint density at radius 3 is 2.77 bits per heavy atom. The van der Waals surface area contributed by atoms with E-state index < -0.39 is 5.41 Å². The number of hydrogen-bond acceptors (Lipinski definition) is 6. The lowest BCUT2D eigenvalue weighted by atomic mass is 9.78. The van der Waals surface area contributed by atoms with Gasteiger partial charge in [0.2, 0.25) is 11.8 Å². The Hall–Kier alpha value is -2.25. The molecule has 1 aliphatic rings. The number of benzene rings is 1. The first-order valence-electron chi connectivity index (χ1n) is 9.00. The summed E-state index contributed by atoms with van der Waals surface area (Å²) in [7, 11) is 1.63. The molecule has 0 aliphatic carbocycles. The van der Waals surface area contributed by atoms with Crippen molar-refractivity contribution in [3.05, 3.63) is 47.6 Å². The third-order valence-electron chi connectivity index (χ3n) is 4.87. The number of carbonyl (C=O) groups excluding carboxylic acids is 1. The first-order chi connectivity index (χ1) is 12.6. The molecule has 0 saturated carbocycles. The minimum Gasteiger partial charge on any atom is -0.384 e. The molecule has 1 aliphatic heterocycles. The second kappa shape index (κ2) is 8.42. The number of amides is 1. The van der Waals surface area contributed by atoms with Crippen LogP contribution in [0.1, 0.15) is 43.1 Å². The minimum absolute atomic E-state index is 0.0174. The fourth-order valence-corrected chi connectivity index (χ4v) is 3.32. The van der Waals surface area contributed by atoms with E-state index in [0.717, 1.165) is 31.5 Å². The molecule has 1 aromatic heterocycles. The lowest BCUT2D eigenvalue weighted by Gasteiger charge is -2.36. The SMILES string of the molecule is COCC1(C(=O)NC(C)c2nc(Cc3ccccc3)no2)CCNCC1. The summed E-state index contributed by atoms with van der Waals surface area (Å²) in [5, 5.41) is 10.3. The maximum atomic E-state index is 12.9. The smallest absolute Gasteiger partial charge is 0.248 e. The van der Waals surface area contributed by atoms with Crippen molar-refractivity contribution in [2.24, 2.45) is 5.41 Å². The first kappa shape index (κ1) is 18.5. The Balaban J connectivity index is 1.64. The van der Waals surface area contributed by atoms with Gasteiger partial charge in [-0.15, -0.1) is 0 Å². The van der Waals surface area contributed by atoms with Crippen LogP contribution in [-0.2, 0) is 16.0 Å². The van der Waals surface area contributed by atoms with E-state index >= 15 is 0 Å². The van der Waals surface area contributed by atoms with E-state index in [4.69, 9.17) is 9.26 Å². The molecule has 0 radical (unpaired) electrons. The zero-order chi connectivity index (χ0) is 18.4. The molecular formula is C19H26N4O3. The van der Waals surface area contributed by atoms with Crippen molar-refractivity contribution in [3.8, 4) is 0 Å². The average molecular weight is 358 g/mol. The average Bonchev–Trinajstić information content (AvgIpc) is 3.12. The van der Waals surface area contributed by atoms with Gasteiger partial charge >= 0.3 is 0 Å². The third-order valence-corrected chi connectivity index (χ3v) is 4.87. The lowest BCUT2D eigenvalue weighted by molar-refractivity contribution is -0.137. The van der Waals surface area contributed by atoms with Gasteiger partial charge < -0.3 is 19.9 Å². The van der Waals surface area contributed by atoms with E-state index in [2.05, 4.69) is 20.8 Å². The molecule has 1 aromatic carbocycles. The van der Waals surface area contributed by atoms with Crippen molar-refractivity contribution in [2.45, 2.75) is 32.2 Å². The molecule has 7 nitrogen and oxygen atoms in total. The number of nitrogens with zero attached hydrogens (tertiary/aromatic N) is 2. The van der Waals surface area contributed by atoms with Gasteiger partial charge in [0.15, 0.2) is 5.82 Å². The number of rotatable bonds is 7. The number of nitrogens with one attached hydrogen (secondary N) is 2. The number of piperidine rings is 1. The fourth-order valence-electron chi connectivity index (χ4n) is 3.32. The Bertz CT molecular complexity index is 705. The summed E-state index contributed by atoms with van der Waals surface area (Å²) in [6.45, 7) is 3.90. The van der Waals surface area contributed by atoms with E-state index in [1.807, 2.05) is 37.3 Å². The fraction of sp³-hybridized carbons (Fsp3) is 0.526. The van der Waals surface area contributed by atoms with Gasteiger partial charge in [-0.3, -0.25) is 4.79 Å². The summed E-state index contributed by atoms with van der Waals surface area (Å²) in [6.07, 6.45) is 2.11. The molecule has 3 rings (SSSR count). The molecular weight excluding hydrogens is 332 g/mol. The van der Waals surface area contributed by atoms with Gasteiger partial charge in [0.25, 0.3) is 0 Å². The standard InChI is InChI=1S/C19H26N4O3/c1-14(21-18(24)19(13-25-2)8-10-20-11-9-19)17-22-16(23-26-17)12-15-6-4-3-5-7-15/h3-7,14,20H,8-13H2,1-2H3,(H,21,24). The van der Waals surface area contributed by atoms with E-state index in [-0.39, 0.29) is 11.9 Å². The van der Waals surface area contributed by atoms with Crippen molar-refractivity contribution in [3.63, 3.8) is 0 Å². The molecule has 2 aromatic rings. The number of carbonyl (C=O) groups is 1. The van der Waals surface area contributed by atoms with E-state index in [1.165, 1.54) is 0 Å². The summed E-state index contributed by atoms with van der Waals surface area (Å²) < 4.78 is 10.7. The van der Waals surface area contributed by atoms with Crippen molar-refractivity contribution in [1.82, 2.24) is 20.8 Å². The lowest BCUT2D eigenvalue weighted by Crippen LogP contribution is -2.50. The minimum atomic E-state index is -0.499. The predicted molar refractivity (Wildman–Crippen MR) is 96.5 cm³/mol. The molecule has 7 heteroatoms. The Labute approximate surface area is 153 Å². The summed E-state index contributed by atoms with van der Waals surface area (Å²) >= 11 is 0. The first-order valence-corrected chi connectivity index (χ1v) is 9.00. The molecule has 1 fully saturated rings. The van der Waals surface area contributed by atoms with Crippen LogP contribution in [0.25, 0.3) is 0 Å². The Kier molecular flexibility index (Phi) is 6.00. The van der Waals surface area contributed by atoms with Crippen LogP contribution in [0.4, 0.5) is 0 Å².